The molecule has 6 heteroatoms. The highest BCUT2D eigenvalue weighted by atomic mass is 19.2. The molecule has 0 aromatic heterocycles. The molecule has 0 aliphatic carbocycles. The highest BCUT2D eigenvalue weighted by Gasteiger charge is 2.24. The molecule has 1 aliphatic rings. The number of hydrogen-bond donors (Lipinski definition) is 0. The maximum atomic E-state index is 14.9. The molecule has 1 aliphatic heterocycles. The summed E-state index contributed by atoms with van der Waals surface area (Å²) >= 11 is 0. The van der Waals surface area contributed by atoms with Crippen LogP contribution in [-0.2, 0) is 9.47 Å². The van der Waals surface area contributed by atoms with E-state index in [1.54, 1.807) is 37.3 Å². The van der Waals surface area contributed by atoms with Crippen molar-refractivity contribution in [2.24, 2.45) is 0 Å². The lowest BCUT2D eigenvalue weighted by atomic mass is 9.95. The van der Waals surface area contributed by atoms with Crippen LogP contribution in [0.15, 0.2) is 66.7 Å². The molecule has 0 bridgehead atoms. The standard InChI is InChI=1S/C27H25F3O3/c1-3-5-25-32-15-20(16-33-25)21-11-10-19(14-23(21)28)17-6-8-18(9-7-17)22-12-13-24(31-4-2)27(30)26(22)29/h3,5-14,20,25H,4,15-16H2,1-2H3/b5-3+. The molecule has 0 atom stereocenters. The lowest BCUT2D eigenvalue weighted by Gasteiger charge is -2.28. The summed E-state index contributed by atoms with van der Waals surface area (Å²) in [5.74, 6) is -2.60. The number of benzene rings is 3. The third-order valence-corrected chi connectivity index (χ3v) is 5.59. The maximum absolute atomic E-state index is 14.9. The van der Waals surface area contributed by atoms with Crippen LogP contribution in [0.5, 0.6) is 5.75 Å². The van der Waals surface area contributed by atoms with Gasteiger partial charge >= 0.3 is 0 Å². The van der Waals surface area contributed by atoms with Crippen molar-refractivity contribution in [1.29, 1.82) is 0 Å². The van der Waals surface area contributed by atoms with E-state index in [1.165, 1.54) is 18.2 Å². The van der Waals surface area contributed by atoms with Crippen molar-refractivity contribution in [3.8, 4) is 28.0 Å². The SMILES string of the molecule is C/C=C/C1OCC(c2ccc(-c3ccc(-c4ccc(OCC)c(F)c4F)cc3)cc2F)CO1. The lowest BCUT2D eigenvalue weighted by molar-refractivity contribution is -0.159. The molecular formula is C27H25F3O3. The van der Waals surface area contributed by atoms with E-state index in [2.05, 4.69) is 0 Å². The summed E-state index contributed by atoms with van der Waals surface area (Å²) in [4.78, 5) is 0. The minimum atomic E-state index is -1.01. The highest BCUT2D eigenvalue weighted by Crippen LogP contribution is 2.33. The molecule has 3 nitrogen and oxygen atoms in total. The Kier molecular flexibility index (Phi) is 7.16. The van der Waals surface area contributed by atoms with Crippen LogP contribution in [0, 0.1) is 17.5 Å². The van der Waals surface area contributed by atoms with Crippen LogP contribution >= 0.6 is 0 Å². The summed E-state index contributed by atoms with van der Waals surface area (Å²) in [6.45, 7) is 4.60. The van der Waals surface area contributed by atoms with Gasteiger partial charge in [-0.25, -0.2) is 8.78 Å². The van der Waals surface area contributed by atoms with Crippen LogP contribution in [0.25, 0.3) is 22.3 Å². The van der Waals surface area contributed by atoms with Crippen molar-refractivity contribution in [2.75, 3.05) is 19.8 Å². The fourth-order valence-corrected chi connectivity index (χ4v) is 3.87. The Morgan fingerprint density at radius 1 is 0.879 bits per heavy atom. The van der Waals surface area contributed by atoms with Crippen molar-refractivity contribution in [1.82, 2.24) is 0 Å². The summed E-state index contributed by atoms with van der Waals surface area (Å²) < 4.78 is 59.9. The Bertz CT molecular complexity index is 1130. The number of halogens is 3. The second-order valence-corrected chi connectivity index (χ2v) is 7.74. The predicted octanol–water partition coefficient (Wildman–Crippen LogP) is 6.87. The van der Waals surface area contributed by atoms with Crippen LogP contribution in [0.3, 0.4) is 0 Å². The lowest BCUT2D eigenvalue weighted by Crippen LogP contribution is -2.29. The first-order valence-electron chi connectivity index (χ1n) is 10.9. The van der Waals surface area contributed by atoms with Gasteiger partial charge in [0.25, 0.3) is 0 Å². The quantitative estimate of drug-likeness (QED) is 0.381. The van der Waals surface area contributed by atoms with Gasteiger partial charge in [-0.2, -0.15) is 4.39 Å². The van der Waals surface area contributed by atoms with Gasteiger partial charge in [-0.3, -0.25) is 0 Å². The first-order valence-corrected chi connectivity index (χ1v) is 10.9. The van der Waals surface area contributed by atoms with Crippen molar-refractivity contribution >= 4 is 0 Å². The van der Waals surface area contributed by atoms with Crippen molar-refractivity contribution in [2.45, 2.75) is 26.1 Å². The smallest absolute Gasteiger partial charge is 0.201 e. The fraction of sp³-hybridized carbons (Fsp3) is 0.259. The molecule has 3 aromatic carbocycles. The summed E-state index contributed by atoms with van der Waals surface area (Å²) in [7, 11) is 0. The molecule has 1 saturated heterocycles. The van der Waals surface area contributed by atoms with E-state index in [9.17, 15) is 13.2 Å². The van der Waals surface area contributed by atoms with E-state index in [4.69, 9.17) is 14.2 Å². The second-order valence-electron chi connectivity index (χ2n) is 7.74. The fourth-order valence-electron chi connectivity index (χ4n) is 3.87. The Labute approximate surface area is 191 Å². The molecule has 1 fully saturated rings. The zero-order valence-electron chi connectivity index (χ0n) is 18.5. The summed E-state index contributed by atoms with van der Waals surface area (Å²) in [6.07, 6.45) is 3.28. The zero-order chi connectivity index (χ0) is 23.4. The molecule has 33 heavy (non-hydrogen) atoms. The Morgan fingerprint density at radius 2 is 1.55 bits per heavy atom. The molecular weight excluding hydrogens is 429 g/mol. The van der Waals surface area contributed by atoms with Crippen LogP contribution in [0.4, 0.5) is 13.2 Å². The third kappa shape index (κ3) is 4.97. The Balaban J connectivity index is 1.52. The second kappa shape index (κ2) is 10.2. The van der Waals surface area contributed by atoms with Crippen LogP contribution in [0.2, 0.25) is 0 Å². The molecule has 1 heterocycles. The summed E-state index contributed by atoms with van der Waals surface area (Å²) in [5.41, 5.74) is 2.65. The van der Waals surface area contributed by atoms with Gasteiger partial charge in [0.05, 0.1) is 19.8 Å². The van der Waals surface area contributed by atoms with E-state index in [0.717, 1.165) is 5.56 Å². The van der Waals surface area contributed by atoms with Crippen molar-refractivity contribution < 1.29 is 27.4 Å². The predicted molar refractivity (Wildman–Crippen MR) is 122 cm³/mol. The van der Waals surface area contributed by atoms with Crippen LogP contribution in [-0.4, -0.2) is 26.1 Å². The molecule has 172 valence electrons. The average molecular weight is 454 g/mol. The molecule has 0 amide bonds. The maximum Gasteiger partial charge on any atom is 0.201 e. The van der Waals surface area contributed by atoms with Gasteiger partial charge in [-0.1, -0.05) is 42.5 Å². The number of hydrogen-bond acceptors (Lipinski definition) is 3. The zero-order valence-corrected chi connectivity index (χ0v) is 18.5. The first kappa shape index (κ1) is 23.1. The van der Waals surface area contributed by atoms with Gasteiger partial charge in [0, 0.05) is 11.5 Å². The van der Waals surface area contributed by atoms with Gasteiger partial charge in [0.15, 0.2) is 17.9 Å². The highest BCUT2D eigenvalue weighted by molar-refractivity contribution is 5.71. The van der Waals surface area contributed by atoms with Crippen molar-refractivity contribution in [3.05, 3.63) is 89.8 Å². The van der Waals surface area contributed by atoms with Gasteiger partial charge in [0.2, 0.25) is 5.82 Å². The minimum absolute atomic E-state index is 0.114. The van der Waals surface area contributed by atoms with Crippen LogP contribution in [0.1, 0.15) is 25.3 Å². The van der Waals surface area contributed by atoms with E-state index >= 15 is 0 Å². The summed E-state index contributed by atoms with van der Waals surface area (Å²) in [6, 6.07) is 14.8. The molecule has 3 aromatic rings. The van der Waals surface area contributed by atoms with Gasteiger partial charge < -0.3 is 14.2 Å². The molecule has 0 unspecified atom stereocenters. The average Bonchev–Trinajstić information content (AvgIpc) is 2.83. The Morgan fingerprint density at radius 3 is 2.18 bits per heavy atom. The largest absolute Gasteiger partial charge is 0.491 e. The normalized spacial score (nSPS) is 18.6. The molecule has 0 spiro atoms. The Hall–Kier alpha value is -3.09. The van der Waals surface area contributed by atoms with Gasteiger partial charge in [0.1, 0.15) is 5.82 Å². The third-order valence-electron chi connectivity index (χ3n) is 5.59. The molecule has 0 radical (unpaired) electrons. The monoisotopic (exact) mass is 454 g/mol. The number of ether oxygens (including phenoxy) is 3. The van der Waals surface area contributed by atoms with Crippen LogP contribution < -0.4 is 4.74 Å². The molecule has 4 rings (SSSR count). The van der Waals surface area contributed by atoms with E-state index < -0.39 is 11.6 Å². The number of rotatable bonds is 6. The molecule has 0 saturated carbocycles. The summed E-state index contributed by atoms with van der Waals surface area (Å²) in [5, 5.41) is 0. The van der Waals surface area contributed by atoms with Gasteiger partial charge in [-0.15, -0.1) is 0 Å². The minimum Gasteiger partial charge on any atom is -0.491 e. The van der Waals surface area contributed by atoms with E-state index in [-0.39, 0.29) is 35.9 Å². The van der Waals surface area contributed by atoms with E-state index in [0.29, 0.717) is 29.9 Å². The van der Waals surface area contributed by atoms with Gasteiger partial charge in [-0.05, 0) is 60.4 Å². The topological polar surface area (TPSA) is 27.7 Å². The molecule has 0 N–H and O–H groups in total. The first-order chi connectivity index (χ1) is 16.0. The van der Waals surface area contributed by atoms with E-state index in [1.807, 2.05) is 25.1 Å². The van der Waals surface area contributed by atoms with Crippen molar-refractivity contribution in [3.63, 3.8) is 0 Å². The number of allylic oxidation sites excluding steroid dienone is 1.